The maximum atomic E-state index is 11.2. The quantitative estimate of drug-likeness (QED) is 0.328. The fourth-order valence-corrected chi connectivity index (χ4v) is 4.47. The Morgan fingerprint density at radius 2 is 2.15 bits per heavy atom. The van der Waals surface area contributed by atoms with E-state index in [1.165, 1.54) is 12.7 Å². The maximum Gasteiger partial charge on any atom is 0.305 e. The van der Waals surface area contributed by atoms with Crippen molar-refractivity contribution in [3.8, 4) is 0 Å². The van der Waals surface area contributed by atoms with Crippen LogP contribution in [-0.4, -0.2) is 35.5 Å². The van der Waals surface area contributed by atoms with Gasteiger partial charge in [-0.2, -0.15) is 0 Å². The molecule has 0 unspecified atom stereocenters. The standard InChI is InChI=1S/C22H36O4/c1-3-4-5-9-18(23)11-12-19-20-14-16(13-17(20)15-21(19)24)8-6-7-10-22(25)26-2/h11-13,17-21,23-24H,3-10,14-15H2,1-2H3/t17-,18-,19-,20-,21+/m0/s1. The van der Waals surface area contributed by atoms with Crippen LogP contribution in [0.1, 0.15) is 71.1 Å². The van der Waals surface area contributed by atoms with Crippen molar-refractivity contribution >= 4 is 5.97 Å². The summed E-state index contributed by atoms with van der Waals surface area (Å²) in [4.78, 5) is 11.2. The van der Waals surface area contributed by atoms with E-state index >= 15 is 0 Å². The lowest BCUT2D eigenvalue weighted by atomic mass is 9.88. The number of ether oxygens (including phenoxy) is 1. The third-order valence-corrected chi connectivity index (χ3v) is 5.97. The summed E-state index contributed by atoms with van der Waals surface area (Å²) >= 11 is 0. The molecule has 0 heterocycles. The summed E-state index contributed by atoms with van der Waals surface area (Å²) < 4.78 is 4.68. The fourth-order valence-electron chi connectivity index (χ4n) is 4.47. The van der Waals surface area contributed by atoms with Crippen LogP contribution in [0.2, 0.25) is 0 Å². The van der Waals surface area contributed by atoms with Gasteiger partial charge >= 0.3 is 5.97 Å². The number of hydrogen-bond donors (Lipinski definition) is 2. The van der Waals surface area contributed by atoms with E-state index in [4.69, 9.17) is 0 Å². The molecular weight excluding hydrogens is 328 g/mol. The zero-order chi connectivity index (χ0) is 18.9. The van der Waals surface area contributed by atoms with Crippen LogP contribution in [0.25, 0.3) is 0 Å². The highest BCUT2D eigenvalue weighted by Gasteiger charge is 2.43. The van der Waals surface area contributed by atoms with E-state index in [1.54, 1.807) is 0 Å². The normalized spacial score (nSPS) is 29.0. The minimum atomic E-state index is -0.389. The van der Waals surface area contributed by atoms with Crippen molar-refractivity contribution in [1.82, 2.24) is 0 Å². The van der Waals surface area contributed by atoms with Crippen LogP contribution in [0.5, 0.6) is 0 Å². The van der Waals surface area contributed by atoms with Crippen LogP contribution in [0.15, 0.2) is 23.8 Å². The molecule has 0 aromatic heterocycles. The van der Waals surface area contributed by atoms with Crippen molar-refractivity contribution in [2.75, 3.05) is 7.11 Å². The average molecular weight is 365 g/mol. The van der Waals surface area contributed by atoms with Crippen LogP contribution < -0.4 is 0 Å². The third kappa shape index (κ3) is 6.24. The zero-order valence-electron chi connectivity index (χ0n) is 16.4. The summed E-state index contributed by atoms with van der Waals surface area (Å²) in [7, 11) is 1.43. The fraction of sp³-hybridized carbons (Fsp3) is 0.773. The first-order valence-corrected chi connectivity index (χ1v) is 10.4. The van der Waals surface area contributed by atoms with Gasteiger partial charge < -0.3 is 14.9 Å². The zero-order valence-corrected chi connectivity index (χ0v) is 16.4. The van der Waals surface area contributed by atoms with Gasteiger partial charge in [-0.1, -0.05) is 50.0 Å². The lowest BCUT2D eigenvalue weighted by molar-refractivity contribution is -0.140. The average Bonchev–Trinajstić information content (AvgIpc) is 3.13. The lowest BCUT2D eigenvalue weighted by Gasteiger charge is -2.19. The molecule has 4 nitrogen and oxygen atoms in total. The Balaban J connectivity index is 1.76. The third-order valence-electron chi connectivity index (χ3n) is 5.97. The molecular formula is C22H36O4. The van der Waals surface area contributed by atoms with E-state index in [-0.39, 0.29) is 24.1 Å². The molecule has 0 radical (unpaired) electrons. The summed E-state index contributed by atoms with van der Waals surface area (Å²) in [6, 6.07) is 0. The molecule has 1 fully saturated rings. The molecule has 4 heteroatoms. The van der Waals surface area contributed by atoms with E-state index in [1.807, 2.05) is 6.08 Å². The highest BCUT2D eigenvalue weighted by Crippen LogP contribution is 2.48. The number of rotatable bonds is 11. The van der Waals surface area contributed by atoms with Crippen molar-refractivity contribution in [3.63, 3.8) is 0 Å². The van der Waals surface area contributed by atoms with Crippen LogP contribution >= 0.6 is 0 Å². The van der Waals surface area contributed by atoms with E-state index in [2.05, 4.69) is 23.8 Å². The molecule has 0 spiro atoms. The topological polar surface area (TPSA) is 66.8 Å². The number of unbranched alkanes of at least 4 members (excludes halogenated alkanes) is 3. The predicted octanol–water partition coefficient (Wildman–Crippen LogP) is 4.16. The highest BCUT2D eigenvalue weighted by molar-refractivity contribution is 5.68. The second-order valence-electron chi connectivity index (χ2n) is 7.97. The highest BCUT2D eigenvalue weighted by atomic mass is 16.5. The van der Waals surface area contributed by atoms with Gasteiger partial charge in [-0.05, 0) is 50.4 Å². The second kappa shape index (κ2) is 10.9. The molecule has 0 aliphatic heterocycles. The maximum absolute atomic E-state index is 11.2. The molecule has 2 aliphatic rings. The van der Waals surface area contributed by atoms with Gasteiger partial charge in [0.05, 0.1) is 19.3 Å². The van der Waals surface area contributed by atoms with Crippen molar-refractivity contribution in [2.45, 2.75) is 83.3 Å². The van der Waals surface area contributed by atoms with Crippen LogP contribution in [0.3, 0.4) is 0 Å². The Kier molecular flexibility index (Phi) is 8.86. The van der Waals surface area contributed by atoms with Crippen molar-refractivity contribution in [3.05, 3.63) is 23.8 Å². The van der Waals surface area contributed by atoms with Gasteiger partial charge in [0.15, 0.2) is 0 Å². The predicted molar refractivity (Wildman–Crippen MR) is 104 cm³/mol. The smallest absolute Gasteiger partial charge is 0.305 e. The number of methoxy groups -OCH3 is 1. The molecule has 0 bridgehead atoms. The molecule has 0 aromatic carbocycles. The van der Waals surface area contributed by atoms with Gasteiger partial charge in [-0.25, -0.2) is 0 Å². The number of carbonyl (C=O) groups excluding carboxylic acids is 1. The molecule has 2 rings (SSSR count). The number of carbonyl (C=O) groups is 1. The van der Waals surface area contributed by atoms with Crippen molar-refractivity contribution in [1.29, 1.82) is 0 Å². The van der Waals surface area contributed by atoms with E-state index in [0.717, 1.165) is 57.8 Å². The molecule has 5 atom stereocenters. The van der Waals surface area contributed by atoms with E-state index in [9.17, 15) is 15.0 Å². The van der Waals surface area contributed by atoms with Gasteiger partial charge in [-0.3, -0.25) is 4.79 Å². The Morgan fingerprint density at radius 1 is 1.35 bits per heavy atom. The molecule has 148 valence electrons. The molecule has 0 aromatic rings. The first-order chi connectivity index (χ1) is 12.5. The molecule has 2 N–H and O–H groups in total. The number of esters is 1. The minimum Gasteiger partial charge on any atom is -0.469 e. The largest absolute Gasteiger partial charge is 0.469 e. The Bertz CT molecular complexity index is 496. The SMILES string of the molecule is CCCCC[C@H](O)C=C[C@H]1[C@H]2CC(CCCCC(=O)OC)=C[C@H]2C[C@H]1O. The Labute approximate surface area is 158 Å². The summed E-state index contributed by atoms with van der Waals surface area (Å²) in [6.07, 6.45) is 15.1. The summed E-state index contributed by atoms with van der Waals surface area (Å²) in [6.45, 7) is 2.16. The van der Waals surface area contributed by atoms with Crippen LogP contribution in [-0.2, 0) is 9.53 Å². The summed E-state index contributed by atoms with van der Waals surface area (Å²) in [5, 5.41) is 20.5. The van der Waals surface area contributed by atoms with Gasteiger partial charge in [0.1, 0.15) is 0 Å². The first kappa shape index (κ1) is 21.2. The first-order valence-electron chi connectivity index (χ1n) is 10.4. The molecule has 2 aliphatic carbocycles. The number of aliphatic hydroxyl groups excluding tert-OH is 2. The van der Waals surface area contributed by atoms with Crippen molar-refractivity contribution < 1.29 is 19.7 Å². The van der Waals surface area contributed by atoms with Gasteiger partial charge in [-0.15, -0.1) is 0 Å². The number of fused-ring (bicyclic) bond motifs is 1. The summed E-state index contributed by atoms with van der Waals surface area (Å²) in [5.74, 6) is 0.963. The Hall–Kier alpha value is -1.13. The number of aliphatic hydroxyl groups is 2. The van der Waals surface area contributed by atoms with Crippen LogP contribution in [0.4, 0.5) is 0 Å². The second-order valence-corrected chi connectivity index (χ2v) is 7.97. The summed E-state index contributed by atoms with van der Waals surface area (Å²) in [5.41, 5.74) is 1.47. The number of hydrogen-bond acceptors (Lipinski definition) is 4. The Morgan fingerprint density at radius 3 is 2.88 bits per heavy atom. The molecule has 0 saturated heterocycles. The molecule has 0 amide bonds. The van der Waals surface area contributed by atoms with Gasteiger partial charge in [0.25, 0.3) is 0 Å². The van der Waals surface area contributed by atoms with E-state index < -0.39 is 0 Å². The van der Waals surface area contributed by atoms with E-state index in [0.29, 0.717) is 18.3 Å². The minimum absolute atomic E-state index is 0.131. The number of allylic oxidation sites excluding steroid dienone is 2. The van der Waals surface area contributed by atoms with Gasteiger partial charge in [0, 0.05) is 12.3 Å². The van der Waals surface area contributed by atoms with Crippen LogP contribution in [0, 0.1) is 17.8 Å². The molecule has 1 saturated carbocycles. The van der Waals surface area contributed by atoms with Gasteiger partial charge in [0.2, 0.25) is 0 Å². The lowest BCUT2D eigenvalue weighted by Crippen LogP contribution is -2.18. The monoisotopic (exact) mass is 364 g/mol. The molecule has 26 heavy (non-hydrogen) atoms. The van der Waals surface area contributed by atoms with Crippen molar-refractivity contribution in [2.24, 2.45) is 17.8 Å².